The summed E-state index contributed by atoms with van der Waals surface area (Å²) in [6.45, 7) is 3.34. The fourth-order valence-corrected chi connectivity index (χ4v) is 5.80. The first-order chi connectivity index (χ1) is 20.7. The van der Waals surface area contributed by atoms with Gasteiger partial charge in [-0.1, -0.05) is 12.8 Å². The Morgan fingerprint density at radius 1 is 0.952 bits per heavy atom. The van der Waals surface area contributed by atoms with E-state index in [4.69, 9.17) is 28.4 Å². The second kappa shape index (κ2) is 16.3. The van der Waals surface area contributed by atoms with Crippen LogP contribution in [0.25, 0.3) is 10.9 Å². The molecule has 3 fully saturated rings. The van der Waals surface area contributed by atoms with Crippen LogP contribution in [0.15, 0.2) is 30.3 Å². The van der Waals surface area contributed by atoms with Crippen molar-refractivity contribution < 1.29 is 33.2 Å². The number of aromatic nitrogens is 1. The number of urea groups is 1. The highest BCUT2D eigenvalue weighted by Crippen LogP contribution is 2.35. The van der Waals surface area contributed by atoms with E-state index >= 15 is 0 Å². The molecule has 232 valence electrons. The highest BCUT2D eigenvalue weighted by molar-refractivity contribution is 5.80. The van der Waals surface area contributed by atoms with Gasteiger partial charge in [-0.05, 0) is 82.1 Å². The first-order valence-corrected chi connectivity index (χ1v) is 15.8. The molecule has 2 aliphatic carbocycles. The summed E-state index contributed by atoms with van der Waals surface area (Å²) < 4.78 is 34.2. The zero-order chi connectivity index (χ0) is 29.0. The van der Waals surface area contributed by atoms with Crippen molar-refractivity contribution in [2.24, 2.45) is 0 Å². The SMILES string of the molecule is COCOc1ccc2cc(OCCCNC(=O)N(C3CC3)[C@@H]3CCCC[C@H]3OCCCO[C@@H]3CCCCO3)ccc2n1. The first-order valence-electron chi connectivity index (χ1n) is 15.8. The lowest BCUT2D eigenvalue weighted by Gasteiger charge is -2.40. The van der Waals surface area contributed by atoms with Gasteiger partial charge in [-0.3, -0.25) is 0 Å². The third kappa shape index (κ3) is 9.17. The number of nitrogens with zero attached hydrogens (tertiary/aromatic N) is 2. The molecule has 1 aliphatic heterocycles. The van der Waals surface area contributed by atoms with Crippen LogP contribution in [0.3, 0.4) is 0 Å². The van der Waals surface area contributed by atoms with Crippen LogP contribution in [-0.2, 0) is 18.9 Å². The van der Waals surface area contributed by atoms with E-state index in [-0.39, 0.29) is 31.3 Å². The molecule has 10 heteroatoms. The average Bonchev–Trinajstić information content (AvgIpc) is 3.86. The van der Waals surface area contributed by atoms with E-state index in [1.165, 1.54) is 6.42 Å². The van der Waals surface area contributed by atoms with Gasteiger partial charge in [0.15, 0.2) is 13.1 Å². The van der Waals surface area contributed by atoms with Crippen LogP contribution in [0.1, 0.15) is 70.6 Å². The molecule has 0 radical (unpaired) electrons. The van der Waals surface area contributed by atoms with E-state index in [2.05, 4.69) is 15.2 Å². The molecule has 2 amide bonds. The summed E-state index contributed by atoms with van der Waals surface area (Å²) in [6.07, 6.45) is 11.3. The quantitative estimate of drug-likeness (QED) is 0.206. The van der Waals surface area contributed by atoms with Gasteiger partial charge in [0.2, 0.25) is 5.88 Å². The molecule has 3 atom stereocenters. The molecule has 2 heterocycles. The number of amides is 2. The Kier molecular flexibility index (Phi) is 11.9. The summed E-state index contributed by atoms with van der Waals surface area (Å²) >= 11 is 0. The molecule has 3 aliphatic rings. The van der Waals surface area contributed by atoms with Crippen molar-refractivity contribution in [1.82, 2.24) is 15.2 Å². The Bertz CT molecular complexity index is 1110. The van der Waals surface area contributed by atoms with Gasteiger partial charge in [0.25, 0.3) is 0 Å². The number of ether oxygens (including phenoxy) is 6. The van der Waals surface area contributed by atoms with E-state index in [1.807, 2.05) is 30.3 Å². The Morgan fingerprint density at radius 2 is 1.81 bits per heavy atom. The van der Waals surface area contributed by atoms with Crippen LogP contribution in [0.4, 0.5) is 4.79 Å². The lowest BCUT2D eigenvalue weighted by atomic mass is 9.91. The minimum Gasteiger partial charge on any atom is -0.494 e. The first kappa shape index (κ1) is 30.8. The standard InChI is InChI=1S/C32H47N3O7/c1-37-23-42-30-16-11-24-22-26(14-15-27(24)34-30)38-19-6-17-33-32(36)35(25-12-13-25)28-8-2-3-9-29(28)39-20-7-21-41-31-10-4-5-18-40-31/h11,14-16,22,25,28-29,31H,2-10,12-13,17-21,23H2,1H3,(H,33,36)/t28-,29-,31-/m1/s1. The van der Waals surface area contributed by atoms with Crippen molar-refractivity contribution in [3.63, 3.8) is 0 Å². The van der Waals surface area contributed by atoms with Gasteiger partial charge in [-0.25, -0.2) is 9.78 Å². The van der Waals surface area contributed by atoms with Gasteiger partial charge in [0.05, 0.1) is 30.9 Å². The summed E-state index contributed by atoms with van der Waals surface area (Å²) in [7, 11) is 1.58. The summed E-state index contributed by atoms with van der Waals surface area (Å²) in [6, 6.07) is 10.0. The third-order valence-corrected chi connectivity index (χ3v) is 8.09. The molecule has 10 nitrogen and oxygen atoms in total. The third-order valence-electron chi connectivity index (χ3n) is 8.09. The Hall–Kier alpha value is -2.66. The van der Waals surface area contributed by atoms with Crippen molar-refractivity contribution in [1.29, 1.82) is 0 Å². The van der Waals surface area contributed by atoms with E-state index in [0.29, 0.717) is 38.3 Å². The van der Waals surface area contributed by atoms with Crippen LogP contribution in [0.5, 0.6) is 11.6 Å². The number of benzene rings is 1. The minimum absolute atomic E-state index is 0.0269. The Labute approximate surface area is 249 Å². The molecule has 0 bridgehead atoms. The van der Waals surface area contributed by atoms with Crippen molar-refractivity contribution in [2.45, 2.75) is 95.1 Å². The lowest BCUT2D eigenvalue weighted by molar-refractivity contribution is -0.165. The minimum atomic E-state index is -0.0547. The molecule has 1 N–H and O–H groups in total. The van der Waals surface area contributed by atoms with E-state index < -0.39 is 0 Å². The van der Waals surface area contributed by atoms with Crippen LogP contribution in [0, 0.1) is 0 Å². The van der Waals surface area contributed by atoms with Crippen LogP contribution in [0.2, 0.25) is 0 Å². The number of fused-ring (bicyclic) bond motifs is 1. The number of hydrogen-bond acceptors (Lipinski definition) is 8. The zero-order valence-electron chi connectivity index (χ0n) is 25.0. The number of carbonyl (C=O) groups is 1. The Morgan fingerprint density at radius 3 is 2.64 bits per heavy atom. The molecular weight excluding hydrogens is 538 g/mol. The molecule has 5 rings (SSSR count). The van der Waals surface area contributed by atoms with Gasteiger partial charge in [0, 0.05) is 44.4 Å². The van der Waals surface area contributed by atoms with Gasteiger partial charge < -0.3 is 38.6 Å². The summed E-state index contributed by atoms with van der Waals surface area (Å²) in [5.74, 6) is 1.30. The van der Waals surface area contributed by atoms with Crippen molar-refractivity contribution in [2.75, 3.05) is 46.9 Å². The molecule has 1 saturated heterocycles. The van der Waals surface area contributed by atoms with E-state index in [9.17, 15) is 4.79 Å². The zero-order valence-corrected chi connectivity index (χ0v) is 25.0. The van der Waals surface area contributed by atoms with Gasteiger partial charge in [-0.2, -0.15) is 0 Å². The van der Waals surface area contributed by atoms with Crippen molar-refractivity contribution in [3.05, 3.63) is 30.3 Å². The van der Waals surface area contributed by atoms with Crippen LogP contribution in [-0.4, -0.2) is 87.3 Å². The van der Waals surface area contributed by atoms with Crippen molar-refractivity contribution >= 4 is 16.9 Å². The number of nitrogens with one attached hydrogen (secondary N) is 1. The molecule has 2 aromatic rings. The average molecular weight is 586 g/mol. The topological polar surface area (TPSA) is 101 Å². The second-order valence-corrected chi connectivity index (χ2v) is 11.4. The summed E-state index contributed by atoms with van der Waals surface area (Å²) in [4.78, 5) is 19.9. The molecule has 1 aromatic heterocycles. The van der Waals surface area contributed by atoms with Gasteiger partial charge in [-0.15, -0.1) is 0 Å². The van der Waals surface area contributed by atoms with Crippen molar-refractivity contribution in [3.8, 4) is 11.6 Å². The molecular formula is C32H47N3O7. The van der Waals surface area contributed by atoms with Gasteiger partial charge in [0.1, 0.15) is 5.75 Å². The second-order valence-electron chi connectivity index (χ2n) is 11.4. The monoisotopic (exact) mass is 585 g/mol. The van der Waals surface area contributed by atoms with Gasteiger partial charge >= 0.3 is 6.03 Å². The predicted molar refractivity (Wildman–Crippen MR) is 159 cm³/mol. The summed E-state index contributed by atoms with van der Waals surface area (Å²) in [5, 5.41) is 4.13. The molecule has 42 heavy (non-hydrogen) atoms. The molecule has 1 aromatic carbocycles. The van der Waals surface area contributed by atoms with E-state index in [1.54, 1.807) is 7.11 Å². The maximum absolute atomic E-state index is 13.4. The van der Waals surface area contributed by atoms with Crippen LogP contribution >= 0.6 is 0 Å². The fraction of sp³-hybridized carbons (Fsp3) is 0.688. The maximum atomic E-state index is 13.4. The number of rotatable bonds is 16. The lowest BCUT2D eigenvalue weighted by Crippen LogP contribution is -2.54. The molecule has 2 saturated carbocycles. The normalized spacial score (nSPS) is 22.5. The maximum Gasteiger partial charge on any atom is 0.317 e. The number of carbonyl (C=O) groups excluding carboxylic acids is 1. The van der Waals surface area contributed by atoms with E-state index in [0.717, 1.165) is 87.5 Å². The Balaban J connectivity index is 1.03. The summed E-state index contributed by atoms with van der Waals surface area (Å²) in [5.41, 5.74) is 0.829. The highest BCUT2D eigenvalue weighted by Gasteiger charge is 2.41. The smallest absolute Gasteiger partial charge is 0.317 e. The molecule has 0 spiro atoms. The predicted octanol–water partition coefficient (Wildman–Crippen LogP) is 5.42. The fourth-order valence-electron chi connectivity index (χ4n) is 5.80. The number of hydrogen-bond donors (Lipinski definition) is 1. The molecule has 0 unspecified atom stereocenters. The largest absolute Gasteiger partial charge is 0.494 e. The van der Waals surface area contributed by atoms with Crippen LogP contribution < -0.4 is 14.8 Å². The number of pyridine rings is 1. The number of methoxy groups -OCH3 is 1. The highest BCUT2D eigenvalue weighted by atomic mass is 16.7.